The molecule has 134 valence electrons. The van der Waals surface area contributed by atoms with E-state index >= 15 is 0 Å². The van der Waals surface area contributed by atoms with Gasteiger partial charge in [-0.2, -0.15) is 4.98 Å². The number of rotatable bonds is 6. The predicted octanol–water partition coefficient (Wildman–Crippen LogP) is 5.70. The van der Waals surface area contributed by atoms with E-state index in [0.717, 1.165) is 22.7 Å². The van der Waals surface area contributed by atoms with Gasteiger partial charge in [0.05, 0.1) is 0 Å². The van der Waals surface area contributed by atoms with E-state index in [4.69, 9.17) is 9.26 Å². The Hall–Kier alpha value is -3.60. The van der Waals surface area contributed by atoms with Crippen molar-refractivity contribution < 1.29 is 9.26 Å². The summed E-state index contributed by atoms with van der Waals surface area (Å²) in [5.41, 5.74) is 1.88. The first kappa shape index (κ1) is 16.8. The normalized spacial score (nSPS) is 11.7. The van der Waals surface area contributed by atoms with E-state index in [1.165, 1.54) is 0 Å². The zero-order chi connectivity index (χ0) is 18.5. The first-order chi connectivity index (χ1) is 13.3. The van der Waals surface area contributed by atoms with Crippen molar-refractivity contribution in [2.45, 2.75) is 13.0 Å². The molecule has 27 heavy (non-hydrogen) atoms. The Morgan fingerprint density at radius 2 is 1.44 bits per heavy atom. The Morgan fingerprint density at radius 3 is 2.15 bits per heavy atom. The summed E-state index contributed by atoms with van der Waals surface area (Å²) in [6.07, 6.45) is 0. The molecule has 0 spiro atoms. The highest BCUT2D eigenvalue weighted by molar-refractivity contribution is 5.54. The van der Waals surface area contributed by atoms with Crippen LogP contribution in [0.5, 0.6) is 11.5 Å². The Labute approximate surface area is 157 Å². The van der Waals surface area contributed by atoms with Crippen molar-refractivity contribution in [1.29, 1.82) is 0 Å². The Balaban J connectivity index is 1.41. The van der Waals surface area contributed by atoms with E-state index in [9.17, 15) is 0 Å². The van der Waals surface area contributed by atoms with E-state index < -0.39 is 0 Å². The summed E-state index contributed by atoms with van der Waals surface area (Å²) in [6, 6.07) is 27.1. The molecule has 0 amide bonds. The lowest BCUT2D eigenvalue weighted by Gasteiger charge is -2.12. The molecule has 0 saturated carbocycles. The highest BCUT2D eigenvalue weighted by Crippen LogP contribution is 2.25. The molecular formula is C22H19N3O2. The van der Waals surface area contributed by atoms with Gasteiger partial charge in [-0.15, -0.1) is 0 Å². The van der Waals surface area contributed by atoms with Gasteiger partial charge in [-0.05, 0) is 43.3 Å². The number of hydrogen-bond donors (Lipinski definition) is 1. The van der Waals surface area contributed by atoms with Crippen molar-refractivity contribution >= 4 is 5.69 Å². The van der Waals surface area contributed by atoms with Crippen LogP contribution in [0.3, 0.4) is 0 Å². The summed E-state index contributed by atoms with van der Waals surface area (Å²) in [7, 11) is 0. The van der Waals surface area contributed by atoms with Crippen LogP contribution < -0.4 is 10.1 Å². The summed E-state index contributed by atoms with van der Waals surface area (Å²) in [6.45, 7) is 1.98. The molecule has 3 aromatic carbocycles. The van der Waals surface area contributed by atoms with Crippen LogP contribution in [-0.4, -0.2) is 10.1 Å². The van der Waals surface area contributed by atoms with Crippen molar-refractivity contribution in [2.75, 3.05) is 5.32 Å². The smallest absolute Gasteiger partial charge is 0.249 e. The molecule has 5 heteroatoms. The number of benzene rings is 3. The van der Waals surface area contributed by atoms with Crippen LogP contribution in [0, 0.1) is 0 Å². The van der Waals surface area contributed by atoms with E-state index in [1.807, 2.05) is 91.9 Å². The first-order valence-corrected chi connectivity index (χ1v) is 8.76. The van der Waals surface area contributed by atoms with Gasteiger partial charge >= 0.3 is 0 Å². The van der Waals surface area contributed by atoms with Crippen molar-refractivity contribution in [3.8, 4) is 22.9 Å². The third kappa shape index (κ3) is 4.15. The molecule has 1 N–H and O–H groups in total. The van der Waals surface area contributed by atoms with Gasteiger partial charge in [0.1, 0.15) is 17.5 Å². The van der Waals surface area contributed by atoms with Crippen molar-refractivity contribution in [1.82, 2.24) is 10.1 Å². The third-order valence-electron chi connectivity index (χ3n) is 4.06. The molecule has 0 aliphatic heterocycles. The topological polar surface area (TPSA) is 60.2 Å². The third-order valence-corrected chi connectivity index (χ3v) is 4.06. The second-order valence-corrected chi connectivity index (χ2v) is 6.13. The highest BCUT2D eigenvalue weighted by Gasteiger charge is 2.15. The molecule has 1 heterocycles. The maximum atomic E-state index is 5.81. The van der Waals surface area contributed by atoms with Gasteiger partial charge in [0.15, 0.2) is 0 Å². The Kier molecular flexibility index (Phi) is 4.83. The number of anilines is 1. The number of para-hydroxylation sites is 1. The van der Waals surface area contributed by atoms with Crippen molar-refractivity contribution in [3.05, 3.63) is 90.8 Å². The SMILES string of the molecule is CC(Nc1ccc(Oc2ccccc2)cc1)c1nc(-c2ccccc2)no1. The predicted molar refractivity (Wildman–Crippen MR) is 105 cm³/mol. The fourth-order valence-electron chi connectivity index (χ4n) is 2.67. The van der Waals surface area contributed by atoms with Crippen LogP contribution in [0.2, 0.25) is 0 Å². The van der Waals surface area contributed by atoms with Gasteiger partial charge in [-0.1, -0.05) is 53.7 Å². The van der Waals surface area contributed by atoms with Crippen LogP contribution in [0.15, 0.2) is 89.5 Å². The first-order valence-electron chi connectivity index (χ1n) is 8.76. The lowest BCUT2D eigenvalue weighted by atomic mass is 10.2. The fourth-order valence-corrected chi connectivity index (χ4v) is 2.67. The minimum atomic E-state index is -0.115. The second kappa shape index (κ2) is 7.74. The minimum Gasteiger partial charge on any atom is -0.457 e. The van der Waals surface area contributed by atoms with Gasteiger partial charge in [0, 0.05) is 11.3 Å². The molecule has 4 aromatic rings. The quantitative estimate of drug-likeness (QED) is 0.479. The summed E-state index contributed by atoms with van der Waals surface area (Å²) >= 11 is 0. The standard InChI is InChI=1S/C22H19N3O2/c1-16(22-24-21(25-27-22)17-8-4-2-5-9-17)23-18-12-14-20(15-13-18)26-19-10-6-3-7-11-19/h2-16,23H,1H3. The van der Waals surface area contributed by atoms with Gasteiger partial charge in [-0.25, -0.2) is 0 Å². The molecule has 0 aliphatic carbocycles. The molecule has 0 radical (unpaired) electrons. The molecule has 0 aliphatic rings. The summed E-state index contributed by atoms with van der Waals surface area (Å²) < 4.78 is 11.2. The average molecular weight is 357 g/mol. The van der Waals surface area contributed by atoms with Crippen LogP contribution in [0.25, 0.3) is 11.4 Å². The highest BCUT2D eigenvalue weighted by atomic mass is 16.5. The molecule has 0 bridgehead atoms. The van der Waals surface area contributed by atoms with Crippen LogP contribution >= 0.6 is 0 Å². The average Bonchev–Trinajstić information content (AvgIpc) is 3.21. The molecule has 1 atom stereocenters. The fraction of sp³-hybridized carbons (Fsp3) is 0.0909. The Morgan fingerprint density at radius 1 is 0.815 bits per heavy atom. The van der Waals surface area contributed by atoms with Crippen molar-refractivity contribution in [3.63, 3.8) is 0 Å². The molecule has 0 saturated heterocycles. The van der Waals surface area contributed by atoms with Gasteiger partial charge in [0.25, 0.3) is 0 Å². The summed E-state index contributed by atoms with van der Waals surface area (Å²) in [5, 5.41) is 7.43. The second-order valence-electron chi connectivity index (χ2n) is 6.13. The summed E-state index contributed by atoms with van der Waals surface area (Å²) in [5.74, 6) is 2.72. The molecule has 1 aromatic heterocycles. The Bertz CT molecular complexity index is 983. The van der Waals surface area contributed by atoms with Crippen LogP contribution in [0.4, 0.5) is 5.69 Å². The van der Waals surface area contributed by atoms with Gasteiger partial charge < -0.3 is 14.6 Å². The van der Waals surface area contributed by atoms with E-state index in [1.54, 1.807) is 0 Å². The molecule has 0 fully saturated rings. The lowest BCUT2D eigenvalue weighted by Crippen LogP contribution is -2.06. The number of nitrogens with one attached hydrogen (secondary N) is 1. The van der Waals surface area contributed by atoms with E-state index in [-0.39, 0.29) is 6.04 Å². The largest absolute Gasteiger partial charge is 0.457 e. The minimum absolute atomic E-state index is 0.115. The molecule has 4 rings (SSSR count). The van der Waals surface area contributed by atoms with Crippen molar-refractivity contribution in [2.24, 2.45) is 0 Å². The monoisotopic (exact) mass is 357 g/mol. The van der Waals surface area contributed by atoms with Gasteiger partial charge in [0.2, 0.25) is 11.7 Å². The van der Waals surface area contributed by atoms with E-state index in [2.05, 4.69) is 15.5 Å². The number of ether oxygens (including phenoxy) is 1. The summed E-state index contributed by atoms with van der Waals surface area (Å²) in [4.78, 5) is 4.49. The maximum Gasteiger partial charge on any atom is 0.249 e. The lowest BCUT2D eigenvalue weighted by molar-refractivity contribution is 0.368. The molecule has 1 unspecified atom stereocenters. The molecular weight excluding hydrogens is 338 g/mol. The number of hydrogen-bond acceptors (Lipinski definition) is 5. The van der Waals surface area contributed by atoms with E-state index in [0.29, 0.717) is 11.7 Å². The van der Waals surface area contributed by atoms with Gasteiger partial charge in [-0.3, -0.25) is 0 Å². The number of nitrogens with zero attached hydrogens (tertiary/aromatic N) is 2. The van der Waals surface area contributed by atoms with Crippen LogP contribution in [-0.2, 0) is 0 Å². The van der Waals surface area contributed by atoms with Crippen LogP contribution in [0.1, 0.15) is 18.9 Å². The molecule has 5 nitrogen and oxygen atoms in total. The zero-order valence-corrected chi connectivity index (χ0v) is 14.9. The maximum absolute atomic E-state index is 5.81. The zero-order valence-electron chi connectivity index (χ0n) is 14.9. The number of aromatic nitrogens is 2.